The number of nitrogens with one attached hydrogen (secondary N) is 2. The number of amides is 1. The Hall–Kier alpha value is -2.29. The third kappa shape index (κ3) is 4.83. The van der Waals surface area contributed by atoms with E-state index in [9.17, 15) is 22.7 Å². The zero-order valence-corrected chi connectivity index (χ0v) is 17.0. The zero-order chi connectivity index (χ0) is 21.1. The summed E-state index contributed by atoms with van der Waals surface area (Å²) in [6.07, 6.45) is 2.16. The van der Waals surface area contributed by atoms with E-state index >= 15 is 0 Å². The molecule has 2 aromatic carbocycles. The Morgan fingerprint density at radius 3 is 2.59 bits per heavy atom. The molecular formula is C21H25FN2O4S. The van der Waals surface area contributed by atoms with Crippen LogP contribution in [0.1, 0.15) is 35.2 Å². The highest BCUT2D eigenvalue weighted by atomic mass is 32.2. The standard InChI is InChI=1S/C21H25FN2O4S/c1-23-29(27,28)18-5-2-4-16(12-18)20(26)24-14-21(11-3-6-19(21)25)13-15-7-9-17(22)10-8-15/h2,4-5,7-10,12,19,23,25H,3,6,11,13-14H2,1H3,(H,24,26)/t19-,21+/m1/s1. The molecule has 1 saturated carbocycles. The first-order chi connectivity index (χ1) is 13.8. The first kappa shape index (κ1) is 21.4. The van der Waals surface area contributed by atoms with Gasteiger partial charge in [-0.25, -0.2) is 17.5 Å². The molecule has 0 aromatic heterocycles. The van der Waals surface area contributed by atoms with E-state index < -0.39 is 27.4 Å². The molecule has 0 saturated heterocycles. The van der Waals surface area contributed by atoms with Gasteiger partial charge in [-0.15, -0.1) is 0 Å². The highest BCUT2D eigenvalue weighted by molar-refractivity contribution is 7.89. The first-order valence-corrected chi connectivity index (χ1v) is 11.0. The van der Waals surface area contributed by atoms with Gasteiger partial charge in [-0.2, -0.15) is 0 Å². The molecule has 29 heavy (non-hydrogen) atoms. The Kier molecular flexibility index (Phi) is 6.36. The average molecular weight is 421 g/mol. The summed E-state index contributed by atoms with van der Waals surface area (Å²) in [4.78, 5) is 12.7. The first-order valence-electron chi connectivity index (χ1n) is 9.50. The van der Waals surface area contributed by atoms with Crippen LogP contribution in [-0.2, 0) is 16.4 Å². The normalized spacial score (nSPS) is 21.8. The zero-order valence-electron chi connectivity index (χ0n) is 16.2. The maximum Gasteiger partial charge on any atom is 0.251 e. The Morgan fingerprint density at radius 1 is 1.24 bits per heavy atom. The van der Waals surface area contributed by atoms with Gasteiger partial charge in [0.1, 0.15) is 5.82 Å². The van der Waals surface area contributed by atoms with Crippen LogP contribution in [0.2, 0.25) is 0 Å². The maximum absolute atomic E-state index is 13.2. The average Bonchev–Trinajstić information content (AvgIpc) is 3.08. The predicted molar refractivity (Wildman–Crippen MR) is 107 cm³/mol. The van der Waals surface area contributed by atoms with E-state index in [2.05, 4.69) is 10.0 Å². The molecular weight excluding hydrogens is 395 g/mol. The summed E-state index contributed by atoms with van der Waals surface area (Å²) in [6.45, 7) is 0.243. The molecule has 0 unspecified atom stereocenters. The molecule has 156 valence electrons. The van der Waals surface area contributed by atoms with E-state index in [0.29, 0.717) is 12.8 Å². The number of aliphatic hydroxyl groups is 1. The Morgan fingerprint density at radius 2 is 1.97 bits per heavy atom. The molecule has 0 aliphatic heterocycles. The van der Waals surface area contributed by atoms with Crippen LogP contribution >= 0.6 is 0 Å². The molecule has 3 N–H and O–H groups in total. The van der Waals surface area contributed by atoms with Gasteiger partial charge >= 0.3 is 0 Å². The molecule has 1 aliphatic carbocycles. The largest absolute Gasteiger partial charge is 0.392 e. The van der Waals surface area contributed by atoms with Crippen LogP contribution in [-0.4, -0.2) is 39.1 Å². The van der Waals surface area contributed by atoms with Crippen molar-refractivity contribution in [3.05, 3.63) is 65.5 Å². The Labute approximate surface area is 170 Å². The SMILES string of the molecule is CNS(=O)(=O)c1cccc(C(=O)NC[C@@]2(Cc3ccc(F)cc3)CCC[C@H]2O)c1. The second kappa shape index (κ2) is 8.61. The predicted octanol–water partition coefficient (Wildman–Crippen LogP) is 2.24. The minimum Gasteiger partial charge on any atom is -0.392 e. The van der Waals surface area contributed by atoms with E-state index in [4.69, 9.17) is 0 Å². The van der Waals surface area contributed by atoms with Crippen molar-refractivity contribution in [3.63, 3.8) is 0 Å². The second-order valence-corrected chi connectivity index (χ2v) is 9.38. The van der Waals surface area contributed by atoms with Gasteiger partial charge in [-0.05, 0) is 62.2 Å². The quantitative estimate of drug-likeness (QED) is 0.640. The summed E-state index contributed by atoms with van der Waals surface area (Å²) >= 11 is 0. The van der Waals surface area contributed by atoms with Crippen molar-refractivity contribution in [1.82, 2.24) is 10.0 Å². The van der Waals surface area contributed by atoms with Gasteiger partial charge in [0.2, 0.25) is 10.0 Å². The van der Waals surface area contributed by atoms with E-state index in [1.54, 1.807) is 18.2 Å². The van der Waals surface area contributed by atoms with Crippen molar-refractivity contribution in [3.8, 4) is 0 Å². The van der Waals surface area contributed by atoms with Gasteiger partial charge in [-0.3, -0.25) is 4.79 Å². The van der Waals surface area contributed by atoms with Gasteiger partial charge in [-0.1, -0.05) is 24.6 Å². The number of hydrogen-bond donors (Lipinski definition) is 3. The maximum atomic E-state index is 13.2. The van der Waals surface area contributed by atoms with Crippen LogP contribution < -0.4 is 10.0 Å². The van der Waals surface area contributed by atoms with E-state index in [1.165, 1.54) is 37.4 Å². The van der Waals surface area contributed by atoms with Gasteiger partial charge in [0.05, 0.1) is 11.0 Å². The number of carbonyl (C=O) groups is 1. The van der Waals surface area contributed by atoms with Crippen molar-refractivity contribution >= 4 is 15.9 Å². The summed E-state index contributed by atoms with van der Waals surface area (Å²) < 4.78 is 39.3. The molecule has 0 radical (unpaired) electrons. The van der Waals surface area contributed by atoms with Crippen LogP contribution in [0.15, 0.2) is 53.4 Å². The fourth-order valence-electron chi connectivity index (χ4n) is 3.88. The van der Waals surface area contributed by atoms with Crippen LogP contribution in [0.4, 0.5) is 4.39 Å². The summed E-state index contributed by atoms with van der Waals surface area (Å²) in [7, 11) is -2.34. The summed E-state index contributed by atoms with van der Waals surface area (Å²) in [5.41, 5.74) is 0.580. The molecule has 2 atom stereocenters. The number of sulfonamides is 1. The van der Waals surface area contributed by atoms with E-state index in [0.717, 1.165) is 18.4 Å². The molecule has 0 bridgehead atoms. The van der Waals surface area contributed by atoms with Gasteiger partial charge in [0, 0.05) is 17.5 Å². The summed E-state index contributed by atoms with van der Waals surface area (Å²) in [5, 5.41) is 13.5. The fourth-order valence-corrected chi connectivity index (χ4v) is 4.66. The number of rotatable bonds is 7. The monoisotopic (exact) mass is 420 g/mol. The van der Waals surface area contributed by atoms with Crippen molar-refractivity contribution in [2.75, 3.05) is 13.6 Å². The second-order valence-electron chi connectivity index (χ2n) is 7.49. The molecule has 0 spiro atoms. The minimum atomic E-state index is -3.65. The molecule has 1 fully saturated rings. The number of benzene rings is 2. The third-order valence-corrected chi connectivity index (χ3v) is 7.02. The molecule has 0 heterocycles. The highest BCUT2D eigenvalue weighted by Gasteiger charge is 2.42. The lowest BCUT2D eigenvalue weighted by atomic mass is 9.78. The van der Waals surface area contributed by atoms with Crippen molar-refractivity contribution in [1.29, 1.82) is 0 Å². The lowest BCUT2D eigenvalue weighted by Gasteiger charge is -2.33. The smallest absolute Gasteiger partial charge is 0.251 e. The van der Waals surface area contributed by atoms with Crippen LogP contribution in [0.25, 0.3) is 0 Å². The number of hydrogen-bond acceptors (Lipinski definition) is 4. The van der Waals surface area contributed by atoms with E-state index in [1.807, 2.05) is 0 Å². The van der Waals surface area contributed by atoms with Gasteiger partial charge < -0.3 is 10.4 Å². The van der Waals surface area contributed by atoms with Crippen LogP contribution in [0, 0.1) is 11.2 Å². The Balaban J connectivity index is 1.75. The topological polar surface area (TPSA) is 95.5 Å². The van der Waals surface area contributed by atoms with E-state index in [-0.39, 0.29) is 22.8 Å². The highest BCUT2D eigenvalue weighted by Crippen LogP contribution is 2.41. The number of carbonyl (C=O) groups excluding carboxylic acids is 1. The number of halogens is 1. The van der Waals surface area contributed by atoms with Crippen molar-refractivity contribution in [2.45, 2.75) is 36.7 Å². The molecule has 1 amide bonds. The molecule has 8 heteroatoms. The van der Waals surface area contributed by atoms with Crippen LogP contribution in [0.3, 0.4) is 0 Å². The van der Waals surface area contributed by atoms with Gasteiger partial charge in [0.15, 0.2) is 0 Å². The van der Waals surface area contributed by atoms with Crippen LogP contribution in [0.5, 0.6) is 0 Å². The molecule has 6 nitrogen and oxygen atoms in total. The molecule has 1 aliphatic rings. The minimum absolute atomic E-state index is 0.00887. The summed E-state index contributed by atoms with van der Waals surface area (Å²) in [6, 6.07) is 11.9. The van der Waals surface area contributed by atoms with Crippen molar-refractivity contribution in [2.24, 2.45) is 5.41 Å². The lowest BCUT2D eigenvalue weighted by Crippen LogP contribution is -2.44. The Bertz CT molecular complexity index is 978. The summed E-state index contributed by atoms with van der Waals surface area (Å²) in [5.74, 6) is -0.727. The number of aliphatic hydroxyl groups excluding tert-OH is 1. The molecule has 2 aromatic rings. The lowest BCUT2D eigenvalue weighted by molar-refractivity contribution is 0.0500. The fraction of sp³-hybridized carbons (Fsp3) is 0.381. The van der Waals surface area contributed by atoms with Crippen molar-refractivity contribution < 1.29 is 22.7 Å². The van der Waals surface area contributed by atoms with Gasteiger partial charge in [0.25, 0.3) is 5.91 Å². The third-order valence-electron chi connectivity index (χ3n) is 5.60. The molecule has 3 rings (SSSR count).